The van der Waals surface area contributed by atoms with Gasteiger partial charge in [0.15, 0.2) is 5.71 Å². The van der Waals surface area contributed by atoms with Crippen molar-refractivity contribution >= 4 is 44.6 Å². The Balaban J connectivity index is 1.19. The minimum absolute atomic E-state index is 0.0932. The van der Waals surface area contributed by atoms with Crippen molar-refractivity contribution in [2.24, 2.45) is 0 Å². The summed E-state index contributed by atoms with van der Waals surface area (Å²) in [5, 5.41) is 14.4. The number of unbranched alkanes of at least 4 members (excludes halogenated alkanes) is 2. The van der Waals surface area contributed by atoms with Gasteiger partial charge in [-0.3, -0.25) is 4.79 Å². The summed E-state index contributed by atoms with van der Waals surface area (Å²) in [7, 11) is 2.21. The van der Waals surface area contributed by atoms with Crippen LogP contribution >= 0.6 is 0 Å². The van der Waals surface area contributed by atoms with E-state index in [1.807, 2.05) is 0 Å². The van der Waals surface area contributed by atoms with Gasteiger partial charge in [0.25, 0.3) is 0 Å². The van der Waals surface area contributed by atoms with Crippen molar-refractivity contribution in [2.75, 3.05) is 18.5 Å². The number of hydrogen-bond donors (Lipinski definition) is 1. The van der Waals surface area contributed by atoms with Crippen LogP contribution in [0.3, 0.4) is 0 Å². The molecule has 0 bridgehead atoms. The van der Waals surface area contributed by atoms with Crippen molar-refractivity contribution in [3.05, 3.63) is 131 Å². The lowest BCUT2D eigenvalue weighted by Crippen LogP contribution is -2.28. The fraction of sp³-hybridized carbons (Fsp3) is 0.333. The van der Waals surface area contributed by atoms with Crippen LogP contribution in [0.5, 0.6) is 0 Å². The second kappa shape index (κ2) is 13.0. The maximum atomic E-state index is 11.1. The summed E-state index contributed by atoms with van der Waals surface area (Å²) in [6, 6.07) is 26.5. The van der Waals surface area contributed by atoms with Gasteiger partial charge in [0.2, 0.25) is 5.69 Å². The molecule has 49 heavy (non-hydrogen) atoms. The highest BCUT2D eigenvalue weighted by atomic mass is 16.4. The number of hydrogen-bond acceptors (Lipinski definition) is 2. The van der Waals surface area contributed by atoms with Gasteiger partial charge < -0.3 is 10.0 Å². The van der Waals surface area contributed by atoms with E-state index in [9.17, 15) is 4.79 Å². The zero-order chi connectivity index (χ0) is 34.3. The molecule has 4 aromatic carbocycles. The predicted octanol–water partition coefficient (Wildman–Crippen LogP) is 10.9. The highest BCUT2D eigenvalue weighted by Gasteiger charge is 2.45. The molecule has 0 saturated carbocycles. The molecule has 0 aromatic heterocycles. The van der Waals surface area contributed by atoms with Gasteiger partial charge in [-0.2, -0.15) is 4.58 Å². The Bertz CT molecular complexity index is 2120. The number of nitrogens with zero attached hydrogens (tertiary/aromatic N) is 2. The van der Waals surface area contributed by atoms with Crippen LogP contribution in [0.1, 0.15) is 83.8 Å². The Morgan fingerprint density at radius 2 is 1.49 bits per heavy atom. The minimum Gasteiger partial charge on any atom is -0.481 e. The van der Waals surface area contributed by atoms with Crippen LogP contribution in [0.4, 0.5) is 11.4 Å². The highest BCUT2D eigenvalue weighted by Crippen LogP contribution is 2.50. The van der Waals surface area contributed by atoms with Crippen molar-refractivity contribution in [1.29, 1.82) is 0 Å². The number of fused-ring (bicyclic) bond motifs is 6. The molecule has 4 heteroatoms. The number of aliphatic carboxylic acids is 1. The number of allylic oxidation sites excluding steroid dienone is 8. The maximum Gasteiger partial charge on any atom is 0.303 e. The Hall–Kier alpha value is -4.70. The summed E-state index contributed by atoms with van der Waals surface area (Å²) in [6.45, 7) is 10.3. The molecule has 0 atom stereocenters. The Labute approximate surface area is 291 Å². The number of rotatable bonds is 9. The van der Waals surface area contributed by atoms with Crippen LogP contribution in [0, 0.1) is 0 Å². The molecule has 0 fully saturated rings. The first-order valence-electron chi connectivity index (χ1n) is 18.0. The van der Waals surface area contributed by atoms with Crippen molar-refractivity contribution in [3.8, 4) is 0 Å². The van der Waals surface area contributed by atoms with E-state index in [1.165, 1.54) is 66.6 Å². The quantitative estimate of drug-likeness (QED) is 0.145. The number of carboxylic acid groups (broad SMARTS) is 1. The molecule has 0 amide bonds. The van der Waals surface area contributed by atoms with Gasteiger partial charge in [-0.25, -0.2) is 0 Å². The summed E-state index contributed by atoms with van der Waals surface area (Å²) in [5.41, 5.74) is 10.5. The topological polar surface area (TPSA) is 43.5 Å². The molecule has 0 radical (unpaired) electrons. The Kier molecular flexibility index (Phi) is 8.69. The van der Waals surface area contributed by atoms with E-state index in [0.29, 0.717) is 0 Å². The molecule has 0 saturated heterocycles. The van der Waals surface area contributed by atoms with E-state index in [0.717, 1.165) is 45.1 Å². The Morgan fingerprint density at radius 1 is 0.796 bits per heavy atom. The largest absolute Gasteiger partial charge is 0.481 e. The van der Waals surface area contributed by atoms with Crippen molar-refractivity contribution in [2.45, 2.75) is 83.5 Å². The summed E-state index contributed by atoms with van der Waals surface area (Å²) in [5.74, 6) is -0.711. The first-order valence-corrected chi connectivity index (χ1v) is 18.0. The lowest BCUT2D eigenvalue weighted by atomic mass is 9.79. The first kappa shape index (κ1) is 32.8. The average Bonchev–Trinajstić information content (AvgIpc) is 3.43. The van der Waals surface area contributed by atoms with Gasteiger partial charge in [0, 0.05) is 54.4 Å². The zero-order valence-electron chi connectivity index (χ0n) is 29.7. The number of likely N-dealkylation sites (N-methyl/N-ethyl adjacent to an activating group) is 1. The first-order chi connectivity index (χ1) is 23.6. The van der Waals surface area contributed by atoms with Crippen LogP contribution in [0.2, 0.25) is 0 Å². The standard InChI is InChI=1S/C45H48N2O2/c1-44(2)39(46(5)37-25-23-33-16-8-10-18-35(33)42(37)44)27-21-31-14-13-15-32(30-31)22-28-40-45(3,4)43-36-19-11-9-17-34(36)24-26-38(43)47(40)29-12-6-7-20-41(48)49/h8-11,16-19,21-28,30H,6-7,12-15,20,29H2,1-5H3/p+1. The van der Waals surface area contributed by atoms with Gasteiger partial charge >= 0.3 is 5.97 Å². The van der Waals surface area contributed by atoms with E-state index in [2.05, 4.69) is 147 Å². The molecular weight excluding hydrogens is 601 g/mol. The van der Waals surface area contributed by atoms with E-state index < -0.39 is 5.97 Å². The van der Waals surface area contributed by atoms with Gasteiger partial charge in [-0.05, 0) is 102 Å². The smallest absolute Gasteiger partial charge is 0.303 e. The molecule has 0 unspecified atom stereocenters. The number of anilines is 1. The Morgan fingerprint density at radius 3 is 2.22 bits per heavy atom. The fourth-order valence-corrected chi connectivity index (χ4v) is 8.71. The third kappa shape index (κ3) is 5.96. The second-order valence-corrected chi connectivity index (χ2v) is 15.1. The molecule has 250 valence electrons. The van der Waals surface area contributed by atoms with Crippen molar-refractivity contribution < 1.29 is 14.5 Å². The fourth-order valence-electron chi connectivity index (χ4n) is 8.71. The molecule has 4 aromatic rings. The summed E-state index contributed by atoms with van der Waals surface area (Å²) < 4.78 is 2.50. The maximum absolute atomic E-state index is 11.1. The normalized spacial score (nSPS) is 19.8. The molecule has 1 aliphatic carbocycles. The summed E-state index contributed by atoms with van der Waals surface area (Å²) in [4.78, 5) is 13.5. The molecule has 7 rings (SSSR count). The van der Waals surface area contributed by atoms with Crippen LogP contribution < -0.4 is 4.90 Å². The third-order valence-corrected chi connectivity index (χ3v) is 11.1. The van der Waals surface area contributed by atoms with Gasteiger partial charge in [0.1, 0.15) is 6.54 Å². The van der Waals surface area contributed by atoms with Crippen LogP contribution in [0.25, 0.3) is 21.5 Å². The number of carboxylic acids is 1. The monoisotopic (exact) mass is 649 g/mol. The van der Waals surface area contributed by atoms with E-state index in [1.54, 1.807) is 0 Å². The van der Waals surface area contributed by atoms with Crippen LogP contribution in [-0.2, 0) is 15.6 Å². The predicted molar refractivity (Wildman–Crippen MR) is 205 cm³/mol. The van der Waals surface area contributed by atoms with Crippen LogP contribution in [0.15, 0.2) is 120 Å². The minimum atomic E-state index is -0.711. The van der Waals surface area contributed by atoms with E-state index in [4.69, 9.17) is 5.11 Å². The second-order valence-electron chi connectivity index (χ2n) is 15.1. The van der Waals surface area contributed by atoms with E-state index in [-0.39, 0.29) is 17.3 Å². The van der Waals surface area contributed by atoms with Crippen LogP contribution in [-0.4, -0.2) is 35.0 Å². The SMILES string of the molecule is CN1C(=CC=C2C=C(C=CC3=[N+](CCCCCC(=O)O)c4ccc5ccccc5c4C3(C)C)CCC2)C(C)(C)c2c1ccc1ccccc21. The lowest BCUT2D eigenvalue weighted by molar-refractivity contribution is -0.438. The highest BCUT2D eigenvalue weighted by molar-refractivity contribution is 6.07. The van der Waals surface area contributed by atoms with Crippen molar-refractivity contribution in [1.82, 2.24) is 0 Å². The summed E-state index contributed by atoms with van der Waals surface area (Å²) in [6.07, 6.45) is 18.0. The number of benzene rings is 4. The van der Waals surface area contributed by atoms with Crippen molar-refractivity contribution in [3.63, 3.8) is 0 Å². The average molecular weight is 650 g/mol. The molecule has 0 spiro atoms. The number of carbonyl (C=O) groups is 1. The van der Waals surface area contributed by atoms with E-state index >= 15 is 0 Å². The summed E-state index contributed by atoms with van der Waals surface area (Å²) >= 11 is 0. The molecule has 3 aliphatic rings. The lowest BCUT2D eigenvalue weighted by Gasteiger charge is -2.24. The molecule has 1 N–H and O–H groups in total. The molecule has 4 nitrogen and oxygen atoms in total. The third-order valence-electron chi connectivity index (χ3n) is 11.1. The molecular formula is C45H49N2O2+. The zero-order valence-corrected chi connectivity index (χ0v) is 29.7. The molecule has 2 aliphatic heterocycles. The van der Waals surface area contributed by atoms with Gasteiger partial charge in [-0.1, -0.05) is 86.7 Å². The van der Waals surface area contributed by atoms with Gasteiger partial charge in [-0.15, -0.1) is 0 Å². The molecule has 2 heterocycles. The van der Waals surface area contributed by atoms with Gasteiger partial charge in [0.05, 0.1) is 5.41 Å².